The summed E-state index contributed by atoms with van der Waals surface area (Å²) in [6.45, 7) is 4.72. The van der Waals surface area contributed by atoms with Crippen LogP contribution >= 0.6 is 0 Å². The highest BCUT2D eigenvalue weighted by atomic mass is 16.5. The van der Waals surface area contributed by atoms with Crippen LogP contribution in [0.2, 0.25) is 0 Å². The average Bonchev–Trinajstić information content (AvgIpc) is 2.10. The van der Waals surface area contributed by atoms with Gasteiger partial charge in [0, 0.05) is 13.7 Å². The van der Waals surface area contributed by atoms with Gasteiger partial charge in [-0.25, -0.2) is 0 Å². The third-order valence-corrected chi connectivity index (χ3v) is 2.18. The summed E-state index contributed by atoms with van der Waals surface area (Å²) < 4.78 is 10.9. The van der Waals surface area contributed by atoms with Crippen molar-refractivity contribution in [3.05, 3.63) is 24.3 Å². The average molecular weight is 168 g/mol. The van der Waals surface area contributed by atoms with Crippen molar-refractivity contribution < 1.29 is 9.47 Å². The van der Waals surface area contributed by atoms with E-state index in [4.69, 9.17) is 9.47 Å². The number of methoxy groups -OCH3 is 1. The van der Waals surface area contributed by atoms with Gasteiger partial charge in [-0.2, -0.15) is 0 Å². The second kappa shape index (κ2) is 3.87. The van der Waals surface area contributed by atoms with Gasteiger partial charge >= 0.3 is 0 Å². The van der Waals surface area contributed by atoms with Crippen molar-refractivity contribution >= 4 is 0 Å². The van der Waals surface area contributed by atoms with Crippen LogP contribution in [0, 0.1) is 0 Å². The van der Waals surface area contributed by atoms with Gasteiger partial charge in [0.2, 0.25) is 0 Å². The lowest BCUT2D eigenvalue weighted by Gasteiger charge is -2.33. The van der Waals surface area contributed by atoms with Crippen LogP contribution in [0.15, 0.2) is 24.3 Å². The Labute approximate surface area is 73.9 Å². The minimum Gasteiger partial charge on any atom is -0.371 e. The van der Waals surface area contributed by atoms with E-state index in [1.165, 1.54) is 0 Å². The highest BCUT2D eigenvalue weighted by Crippen LogP contribution is 2.23. The van der Waals surface area contributed by atoms with Crippen LogP contribution in [0.25, 0.3) is 0 Å². The molecule has 1 rings (SSSR count). The molecule has 0 aliphatic heterocycles. The van der Waals surface area contributed by atoms with Crippen LogP contribution in [-0.2, 0) is 9.47 Å². The molecule has 2 heteroatoms. The maximum absolute atomic E-state index is 5.53. The Morgan fingerprint density at radius 3 is 2.75 bits per heavy atom. The Morgan fingerprint density at radius 2 is 2.17 bits per heavy atom. The third-order valence-electron chi connectivity index (χ3n) is 2.18. The number of hydrogen-bond acceptors (Lipinski definition) is 2. The molecule has 0 saturated heterocycles. The normalized spacial score (nSPS) is 34.1. The molecule has 12 heavy (non-hydrogen) atoms. The van der Waals surface area contributed by atoms with Gasteiger partial charge in [-0.3, -0.25) is 0 Å². The molecule has 2 unspecified atom stereocenters. The van der Waals surface area contributed by atoms with Crippen molar-refractivity contribution in [3.8, 4) is 0 Å². The Bertz CT molecular complexity index is 196. The summed E-state index contributed by atoms with van der Waals surface area (Å²) in [6.07, 6.45) is 8.05. The molecule has 0 amide bonds. The first-order chi connectivity index (χ1) is 5.73. The number of rotatable bonds is 3. The minimum absolute atomic E-state index is 0.0394. The number of ether oxygens (including phenoxy) is 2. The fourth-order valence-electron chi connectivity index (χ4n) is 1.28. The highest BCUT2D eigenvalue weighted by Gasteiger charge is 2.31. The van der Waals surface area contributed by atoms with Crippen LogP contribution in [0.1, 0.15) is 13.8 Å². The monoisotopic (exact) mass is 168 g/mol. The van der Waals surface area contributed by atoms with Crippen molar-refractivity contribution in [2.45, 2.75) is 25.6 Å². The molecule has 0 radical (unpaired) electrons. The summed E-state index contributed by atoms with van der Waals surface area (Å²) in [4.78, 5) is 0. The molecule has 2 nitrogen and oxygen atoms in total. The minimum atomic E-state index is -0.301. The van der Waals surface area contributed by atoms with Gasteiger partial charge in [-0.1, -0.05) is 24.3 Å². The van der Waals surface area contributed by atoms with Gasteiger partial charge in [-0.15, -0.1) is 0 Å². The van der Waals surface area contributed by atoms with Crippen molar-refractivity contribution in [3.63, 3.8) is 0 Å². The molecule has 0 heterocycles. The summed E-state index contributed by atoms with van der Waals surface area (Å²) in [7, 11) is 1.70. The maximum Gasteiger partial charge on any atom is 0.113 e. The summed E-state index contributed by atoms with van der Waals surface area (Å²) in [5, 5.41) is 0. The zero-order valence-corrected chi connectivity index (χ0v) is 7.91. The fraction of sp³-hybridized carbons (Fsp3) is 0.600. The predicted molar refractivity (Wildman–Crippen MR) is 49.1 cm³/mol. The Morgan fingerprint density at radius 1 is 1.42 bits per heavy atom. The number of hydrogen-bond donors (Lipinski definition) is 0. The highest BCUT2D eigenvalue weighted by molar-refractivity contribution is 5.22. The van der Waals surface area contributed by atoms with E-state index in [2.05, 4.69) is 0 Å². The van der Waals surface area contributed by atoms with E-state index in [0.29, 0.717) is 6.61 Å². The topological polar surface area (TPSA) is 18.5 Å². The first kappa shape index (κ1) is 9.49. The molecule has 0 spiro atoms. The molecule has 1 aliphatic carbocycles. The second-order valence-corrected chi connectivity index (χ2v) is 3.01. The first-order valence-electron chi connectivity index (χ1n) is 4.25. The van der Waals surface area contributed by atoms with Crippen LogP contribution in [0.5, 0.6) is 0 Å². The largest absolute Gasteiger partial charge is 0.371 e. The Hall–Kier alpha value is -0.600. The molecule has 0 fully saturated rings. The molecule has 2 atom stereocenters. The quantitative estimate of drug-likeness (QED) is 0.641. The van der Waals surface area contributed by atoms with Gasteiger partial charge in [0.25, 0.3) is 0 Å². The van der Waals surface area contributed by atoms with Crippen LogP contribution < -0.4 is 0 Å². The van der Waals surface area contributed by atoms with E-state index in [1.54, 1.807) is 7.11 Å². The molecular formula is C10H16O2. The summed E-state index contributed by atoms with van der Waals surface area (Å²) in [5.74, 6) is 0. The molecule has 0 N–H and O–H groups in total. The molecule has 68 valence electrons. The molecule has 0 bridgehead atoms. The molecular weight excluding hydrogens is 152 g/mol. The van der Waals surface area contributed by atoms with Crippen LogP contribution in [0.4, 0.5) is 0 Å². The summed E-state index contributed by atoms with van der Waals surface area (Å²) in [6, 6.07) is 0. The third kappa shape index (κ3) is 1.76. The zero-order chi connectivity index (χ0) is 9.03. The lowest BCUT2D eigenvalue weighted by molar-refractivity contribution is -0.0675. The van der Waals surface area contributed by atoms with Gasteiger partial charge in [-0.05, 0) is 13.8 Å². The standard InChI is InChI=1S/C10H16O2/c1-4-12-9-7-5-6-8-10(9,2)11-3/h5-9H,4H2,1-3H3. The molecule has 0 aromatic rings. The number of allylic oxidation sites excluding steroid dienone is 2. The summed E-state index contributed by atoms with van der Waals surface area (Å²) >= 11 is 0. The van der Waals surface area contributed by atoms with Crippen molar-refractivity contribution in [1.29, 1.82) is 0 Å². The van der Waals surface area contributed by atoms with Gasteiger partial charge in [0.1, 0.15) is 11.7 Å². The van der Waals surface area contributed by atoms with E-state index in [1.807, 2.05) is 38.2 Å². The predicted octanol–water partition coefficient (Wildman–Crippen LogP) is 1.92. The van der Waals surface area contributed by atoms with Gasteiger partial charge in [0.15, 0.2) is 0 Å². The van der Waals surface area contributed by atoms with E-state index in [0.717, 1.165) is 0 Å². The van der Waals surface area contributed by atoms with E-state index < -0.39 is 0 Å². The van der Waals surface area contributed by atoms with Crippen molar-refractivity contribution in [2.75, 3.05) is 13.7 Å². The van der Waals surface area contributed by atoms with E-state index >= 15 is 0 Å². The second-order valence-electron chi connectivity index (χ2n) is 3.01. The molecule has 0 aromatic heterocycles. The van der Waals surface area contributed by atoms with Crippen molar-refractivity contribution in [1.82, 2.24) is 0 Å². The van der Waals surface area contributed by atoms with E-state index in [-0.39, 0.29) is 11.7 Å². The fourth-order valence-corrected chi connectivity index (χ4v) is 1.28. The zero-order valence-electron chi connectivity index (χ0n) is 7.91. The summed E-state index contributed by atoms with van der Waals surface area (Å²) in [5.41, 5.74) is -0.301. The SMILES string of the molecule is CCOC1C=CC=CC1(C)OC. The Kier molecular flexibility index (Phi) is 3.06. The van der Waals surface area contributed by atoms with Crippen LogP contribution in [0.3, 0.4) is 0 Å². The van der Waals surface area contributed by atoms with Gasteiger partial charge in [0.05, 0.1) is 0 Å². The van der Waals surface area contributed by atoms with Crippen LogP contribution in [-0.4, -0.2) is 25.4 Å². The lowest BCUT2D eigenvalue weighted by atomic mass is 9.94. The molecule has 0 saturated carbocycles. The Balaban J connectivity index is 2.70. The first-order valence-corrected chi connectivity index (χ1v) is 4.25. The molecule has 1 aliphatic rings. The maximum atomic E-state index is 5.53. The van der Waals surface area contributed by atoms with Gasteiger partial charge < -0.3 is 9.47 Å². The smallest absolute Gasteiger partial charge is 0.113 e. The van der Waals surface area contributed by atoms with Crippen molar-refractivity contribution in [2.24, 2.45) is 0 Å². The lowest BCUT2D eigenvalue weighted by Crippen LogP contribution is -2.41. The molecule has 0 aromatic carbocycles. The van der Waals surface area contributed by atoms with E-state index in [9.17, 15) is 0 Å².